The number of carbonyl (C=O) groups is 1. The average Bonchev–Trinajstić information content (AvgIpc) is 3.12. The number of amides is 1. The SMILES string of the molecule is O=C(CCc1nc(Cc2ccccc2)no1)N[C@H]1CCS(=O)(=O)C1. The molecule has 0 aliphatic carbocycles. The van der Waals surface area contributed by atoms with Gasteiger partial charge in [0.05, 0.1) is 11.5 Å². The third kappa shape index (κ3) is 4.64. The van der Waals surface area contributed by atoms with Gasteiger partial charge in [-0.3, -0.25) is 4.79 Å². The maximum absolute atomic E-state index is 11.9. The second-order valence-corrected chi connectivity index (χ2v) is 8.16. The summed E-state index contributed by atoms with van der Waals surface area (Å²) in [5.41, 5.74) is 1.09. The Morgan fingerprint density at radius 2 is 2.08 bits per heavy atom. The van der Waals surface area contributed by atoms with Gasteiger partial charge in [0.2, 0.25) is 11.8 Å². The zero-order chi connectivity index (χ0) is 17.0. The van der Waals surface area contributed by atoms with Crippen molar-refractivity contribution in [1.82, 2.24) is 15.5 Å². The lowest BCUT2D eigenvalue weighted by Crippen LogP contribution is -2.35. The average molecular weight is 349 g/mol. The monoisotopic (exact) mass is 349 g/mol. The van der Waals surface area contributed by atoms with Gasteiger partial charge >= 0.3 is 0 Å². The number of hydrogen-bond acceptors (Lipinski definition) is 6. The lowest BCUT2D eigenvalue weighted by molar-refractivity contribution is -0.121. The Morgan fingerprint density at radius 3 is 2.79 bits per heavy atom. The highest BCUT2D eigenvalue weighted by molar-refractivity contribution is 7.91. The summed E-state index contributed by atoms with van der Waals surface area (Å²) < 4.78 is 27.9. The summed E-state index contributed by atoms with van der Waals surface area (Å²) in [5.74, 6) is 0.971. The molecule has 1 saturated heterocycles. The molecule has 7 nitrogen and oxygen atoms in total. The fraction of sp³-hybridized carbons (Fsp3) is 0.438. The lowest BCUT2D eigenvalue weighted by Gasteiger charge is -2.09. The molecule has 1 atom stereocenters. The molecule has 1 aliphatic rings. The van der Waals surface area contributed by atoms with E-state index in [9.17, 15) is 13.2 Å². The number of nitrogens with zero attached hydrogens (tertiary/aromatic N) is 2. The first-order valence-electron chi connectivity index (χ1n) is 7.85. The molecule has 0 spiro atoms. The summed E-state index contributed by atoms with van der Waals surface area (Å²) in [6.45, 7) is 0. The molecular weight excluding hydrogens is 330 g/mol. The van der Waals surface area contributed by atoms with Gasteiger partial charge in [-0.1, -0.05) is 35.5 Å². The summed E-state index contributed by atoms with van der Waals surface area (Å²) >= 11 is 0. The first-order chi connectivity index (χ1) is 11.5. The molecule has 1 amide bonds. The van der Waals surface area contributed by atoms with Crippen LogP contribution in [0, 0.1) is 0 Å². The molecular formula is C16H19N3O4S. The maximum atomic E-state index is 11.9. The van der Waals surface area contributed by atoms with E-state index in [2.05, 4.69) is 15.5 Å². The molecule has 1 N–H and O–H groups in total. The highest BCUT2D eigenvalue weighted by Crippen LogP contribution is 2.12. The van der Waals surface area contributed by atoms with Gasteiger partial charge in [-0.25, -0.2) is 8.42 Å². The fourth-order valence-corrected chi connectivity index (χ4v) is 4.34. The van der Waals surface area contributed by atoms with Crippen LogP contribution < -0.4 is 5.32 Å². The number of rotatable bonds is 6. The van der Waals surface area contributed by atoms with Gasteiger partial charge in [-0.2, -0.15) is 4.98 Å². The second-order valence-electron chi connectivity index (χ2n) is 5.93. The molecule has 0 bridgehead atoms. The van der Waals surface area contributed by atoms with Crippen molar-refractivity contribution in [3.8, 4) is 0 Å². The van der Waals surface area contributed by atoms with Crippen molar-refractivity contribution in [3.63, 3.8) is 0 Å². The highest BCUT2D eigenvalue weighted by atomic mass is 32.2. The van der Waals surface area contributed by atoms with E-state index < -0.39 is 9.84 Å². The van der Waals surface area contributed by atoms with E-state index in [1.165, 1.54) is 0 Å². The fourth-order valence-electron chi connectivity index (χ4n) is 2.67. The Kier molecular flexibility index (Phi) is 4.94. The topological polar surface area (TPSA) is 102 Å². The van der Waals surface area contributed by atoms with E-state index in [4.69, 9.17) is 4.52 Å². The van der Waals surface area contributed by atoms with Gasteiger partial charge in [0.25, 0.3) is 0 Å². The van der Waals surface area contributed by atoms with Gasteiger partial charge in [-0.15, -0.1) is 0 Å². The van der Waals surface area contributed by atoms with E-state index in [0.29, 0.717) is 31.0 Å². The van der Waals surface area contributed by atoms with E-state index in [1.807, 2.05) is 30.3 Å². The van der Waals surface area contributed by atoms with Crippen molar-refractivity contribution in [3.05, 3.63) is 47.6 Å². The van der Waals surface area contributed by atoms with Crippen molar-refractivity contribution in [2.75, 3.05) is 11.5 Å². The molecule has 1 aliphatic heterocycles. The van der Waals surface area contributed by atoms with Crippen molar-refractivity contribution in [1.29, 1.82) is 0 Å². The van der Waals surface area contributed by atoms with Crippen LogP contribution in [0.25, 0.3) is 0 Å². The zero-order valence-corrected chi connectivity index (χ0v) is 14.0. The van der Waals surface area contributed by atoms with Crippen LogP contribution in [0.3, 0.4) is 0 Å². The summed E-state index contributed by atoms with van der Waals surface area (Å²) in [5, 5.41) is 6.66. The predicted octanol–water partition coefficient (Wildman–Crippen LogP) is 0.896. The summed E-state index contributed by atoms with van der Waals surface area (Å²) in [6, 6.07) is 9.53. The van der Waals surface area contributed by atoms with Gasteiger partial charge in [0.15, 0.2) is 15.7 Å². The molecule has 3 rings (SSSR count). The quantitative estimate of drug-likeness (QED) is 0.831. The number of sulfone groups is 1. The van der Waals surface area contributed by atoms with E-state index >= 15 is 0 Å². The van der Waals surface area contributed by atoms with Crippen LogP contribution in [0.5, 0.6) is 0 Å². The van der Waals surface area contributed by atoms with Crippen LogP contribution in [0.4, 0.5) is 0 Å². The first-order valence-corrected chi connectivity index (χ1v) is 9.67. The standard InChI is InChI=1S/C16H19N3O4S/c20-15(17-13-8-9-24(21,22)11-13)6-7-16-18-14(19-23-16)10-12-4-2-1-3-5-12/h1-5,13H,6-11H2,(H,17,20)/t13-/m0/s1. The minimum absolute atomic E-state index is 0.0283. The first kappa shape index (κ1) is 16.6. The smallest absolute Gasteiger partial charge is 0.227 e. The van der Waals surface area contributed by atoms with Crippen LogP contribution in [-0.4, -0.2) is 42.0 Å². The summed E-state index contributed by atoms with van der Waals surface area (Å²) in [4.78, 5) is 16.2. The number of carbonyl (C=O) groups excluding carboxylic acids is 1. The van der Waals surface area contributed by atoms with E-state index in [1.54, 1.807) is 0 Å². The van der Waals surface area contributed by atoms with Crippen molar-refractivity contribution < 1.29 is 17.7 Å². The maximum Gasteiger partial charge on any atom is 0.227 e. The molecule has 8 heteroatoms. The molecule has 0 saturated carbocycles. The number of benzene rings is 1. The number of hydrogen-bond donors (Lipinski definition) is 1. The second kappa shape index (κ2) is 7.12. The summed E-state index contributed by atoms with van der Waals surface area (Å²) in [7, 11) is -2.99. The Bertz CT molecular complexity index is 802. The zero-order valence-electron chi connectivity index (χ0n) is 13.1. The van der Waals surface area contributed by atoms with Crippen LogP contribution in [0.15, 0.2) is 34.9 Å². The number of aromatic nitrogens is 2. The third-order valence-electron chi connectivity index (χ3n) is 3.88. The lowest BCUT2D eigenvalue weighted by atomic mass is 10.1. The molecule has 2 aromatic rings. The molecule has 0 unspecified atom stereocenters. The molecule has 128 valence electrons. The van der Waals surface area contributed by atoms with Gasteiger partial charge in [-0.05, 0) is 12.0 Å². The van der Waals surface area contributed by atoms with E-state index in [-0.39, 0.29) is 29.9 Å². The van der Waals surface area contributed by atoms with Crippen LogP contribution in [0.2, 0.25) is 0 Å². The Labute approximate surface area is 140 Å². The van der Waals surface area contributed by atoms with Gasteiger partial charge < -0.3 is 9.84 Å². The largest absolute Gasteiger partial charge is 0.352 e. The molecule has 24 heavy (non-hydrogen) atoms. The normalized spacial score (nSPS) is 19.2. The molecule has 2 heterocycles. The third-order valence-corrected chi connectivity index (χ3v) is 5.65. The van der Waals surface area contributed by atoms with Crippen molar-refractivity contribution in [2.45, 2.75) is 31.7 Å². The van der Waals surface area contributed by atoms with Gasteiger partial charge in [0, 0.05) is 25.3 Å². The summed E-state index contributed by atoms with van der Waals surface area (Å²) in [6.07, 6.45) is 1.60. The molecule has 1 fully saturated rings. The minimum Gasteiger partial charge on any atom is -0.352 e. The van der Waals surface area contributed by atoms with Crippen molar-refractivity contribution in [2.24, 2.45) is 0 Å². The van der Waals surface area contributed by atoms with E-state index in [0.717, 1.165) is 5.56 Å². The number of aryl methyl sites for hydroxylation is 1. The molecule has 1 aromatic heterocycles. The van der Waals surface area contributed by atoms with Crippen LogP contribution in [-0.2, 0) is 27.5 Å². The highest BCUT2D eigenvalue weighted by Gasteiger charge is 2.28. The van der Waals surface area contributed by atoms with Crippen LogP contribution >= 0.6 is 0 Å². The van der Waals surface area contributed by atoms with Crippen LogP contribution in [0.1, 0.15) is 30.1 Å². The molecule has 0 radical (unpaired) electrons. The minimum atomic E-state index is -2.99. The number of nitrogens with one attached hydrogen (secondary N) is 1. The Morgan fingerprint density at radius 1 is 1.29 bits per heavy atom. The predicted molar refractivity (Wildman–Crippen MR) is 87.1 cm³/mol. The Hall–Kier alpha value is -2.22. The Balaban J connectivity index is 1.46. The van der Waals surface area contributed by atoms with Gasteiger partial charge in [0.1, 0.15) is 0 Å². The molecule has 1 aromatic carbocycles. The van der Waals surface area contributed by atoms with Crippen molar-refractivity contribution >= 4 is 15.7 Å².